The van der Waals surface area contributed by atoms with Gasteiger partial charge >= 0.3 is 0 Å². The third-order valence-electron chi connectivity index (χ3n) is 7.97. The quantitative estimate of drug-likeness (QED) is 0.645. The van der Waals surface area contributed by atoms with E-state index in [0.717, 1.165) is 28.1 Å². The van der Waals surface area contributed by atoms with Crippen molar-refractivity contribution in [3.8, 4) is 0 Å². The monoisotopic (exact) mass is 218 g/mol. The van der Waals surface area contributed by atoms with Crippen molar-refractivity contribution in [3.63, 3.8) is 0 Å². The Bertz CT molecular complexity index is 358. The maximum absolute atomic E-state index is 2.61. The molecule has 4 aliphatic carbocycles. The van der Waals surface area contributed by atoms with Crippen molar-refractivity contribution in [2.24, 2.45) is 33.5 Å². The largest absolute Gasteiger partial charge is 0.0648 e. The van der Waals surface area contributed by atoms with Gasteiger partial charge in [-0.1, -0.05) is 27.7 Å². The van der Waals surface area contributed by atoms with Crippen LogP contribution >= 0.6 is 0 Å². The summed E-state index contributed by atoms with van der Waals surface area (Å²) < 4.78 is 0. The van der Waals surface area contributed by atoms with Crippen molar-refractivity contribution in [2.75, 3.05) is 0 Å². The Kier molecular flexibility index (Phi) is 1.41. The van der Waals surface area contributed by atoms with Crippen molar-refractivity contribution >= 4 is 0 Å². The molecule has 4 saturated carbocycles. The lowest BCUT2D eigenvalue weighted by Gasteiger charge is -2.28. The molecule has 16 heavy (non-hydrogen) atoms. The fourth-order valence-electron chi connectivity index (χ4n) is 5.74. The van der Waals surface area contributed by atoms with E-state index in [0.29, 0.717) is 5.41 Å². The SMILES string of the molecule is CCC12CC1(C(C)C1(C)CC1(C)C1CC1)C2. The van der Waals surface area contributed by atoms with Crippen LogP contribution in [0.2, 0.25) is 0 Å². The van der Waals surface area contributed by atoms with Crippen LogP contribution in [0.15, 0.2) is 0 Å². The highest BCUT2D eigenvalue weighted by Gasteiger charge is 2.87. The molecule has 0 radical (unpaired) electrons. The van der Waals surface area contributed by atoms with Gasteiger partial charge in [-0.3, -0.25) is 0 Å². The molecule has 0 nitrogen and oxygen atoms in total. The molecule has 0 N–H and O–H groups in total. The van der Waals surface area contributed by atoms with Gasteiger partial charge in [-0.25, -0.2) is 0 Å². The Balaban J connectivity index is 1.56. The second-order valence-corrected chi connectivity index (χ2v) is 8.15. The summed E-state index contributed by atoms with van der Waals surface area (Å²) in [6.45, 7) is 10.2. The minimum absolute atomic E-state index is 0.710. The first kappa shape index (κ1) is 9.97. The summed E-state index contributed by atoms with van der Waals surface area (Å²) in [6.07, 6.45) is 9.21. The van der Waals surface area contributed by atoms with Gasteiger partial charge < -0.3 is 0 Å². The molecule has 4 fully saturated rings. The van der Waals surface area contributed by atoms with Gasteiger partial charge in [0.15, 0.2) is 0 Å². The van der Waals surface area contributed by atoms with Crippen molar-refractivity contribution < 1.29 is 0 Å². The lowest BCUT2D eigenvalue weighted by molar-refractivity contribution is 0.199. The van der Waals surface area contributed by atoms with E-state index in [4.69, 9.17) is 0 Å². The standard InChI is InChI=1S/C16H26/c1-5-15-9-16(15,10-15)11(2)13(3)8-14(13,4)12-6-7-12/h11-12H,5-10H2,1-4H3. The van der Waals surface area contributed by atoms with E-state index < -0.39 is 0 Å². The molecule has 4 rings (SSSR count). The zero-order valence-corrected chi connectivity index (χ0v) is 11.4. The van der Waals surface area contributed by atoms with Gasteiger partial charge in [0.2, 0.25) is 0 Å². The lowest BCUT2D eigenvalue weighted by Crippen LogP contribution is -2.22. The van der Waals surface area contributed by atoms with Gasteiger partial charge in [0.25, 0.3) is 0 Å². The van der Waals surface area contributed by atoms with Crippen LogP contribution in [0.5, 0.6) is 0 Å². The van der Waals surface area contributed by atoms with Crippen molar-refractivity contribution in [1.82, 2.24) is 0 Å². The zero-order chi connectivity index (χ0) is 11.4. The Hall–Kier alpha value is 0. The second kappa shape index (κ2) is 2.27. The molecule has 90 valence electrons. The summed E-state index contributed by atoms with van der Waals surface area (Å²) in [5, 5.41) is 0. The van der Waals surface area contributed by atoms with Crippen molar-refractivity contribution in [1.29, 1.82) is 0 Å². The van der Waals surface area contributed by atoms with Crippen molar-refractivity contribution in [3.05, 3.63) is 0 Å². The minimum Gasteiger partial charge on any atom is -0.0648 e. The molecule has 3 unspecified atom stereocenters. The molecule has 0 amide bonds. The number of fused-ring (bicyclic) bond motifs is 1. The molecule has 3 atom stereocenters. The Labute approximate surface area is 100 Å². The Morgan fingerprint density at radius 3 is 2.19 bits per heavy atom. The fourth-order valence-corrected chi connectivity index (χ4v) is 5.74. The summed E-state index contributed by atoms with van der Waals surface area (Å²) in [6, 6.07) is 0. The first-order chi connectivity index (χ1) is 7.44. The summed E-state index contributed by atoms with van der Waals surface area (Å²) in [4.78, 5) is 0. The van der Waals surface area contributed by atoms with E-state index in [1.807, 2.05) is 0 Å². The van der Waals surface area contributed by atoms with Crippen molar-refractivity contribution in [2.45, 2.75) is 66.2 Å². The predicted molar refractivity (Wildman–Crippen MR) is 67.1 cm³/mol. The molecule has 0 spiro atoms. The van der Waals surface area contributed by atoms with Crippen LogP contribution in [-0.2, 0) is 0 Å². The second-order valence-electron chi connectivity index (χ2n) is 8.15. The summed E-state index contributed by atoms with van der Waals surface area (Å²) in [5.74, 6) is 2.11. The van der Waals surface area contributed by atoms with Crippen LogP contribution in [-0.4, -0.2) is 0 Å². The molecule has 0 saturated heterocycles. The van der Waals surface area contributed by atoms with Crippen LogP contribution in [0.25, 0.3) is 0 Å². The molecule has 4 aliphatic rings. The van der Waals surface area contributed by atoms with E-state index in [9.17, 15) is 0 Å². The summed E-state index contributed by atoms with van der Waals surface area (Å²) >= 11 is 0. The highest BCUT2D eigenvalue weighted by molar-refractivity contribution is 5.35. The lowest BCUT2D eigenvalue weighted by atomic mass is 9.76. The van der Waals surface area contributed by atoms with Gasteiger partial charge in [-0.2, -0.15) is 0 Å². The first-order valence-electron chi connectivity index (χ1n) is 7.44. The summed E-state index contributed by atoms with van der Waals surface area (Å²) in [5.41, 5.74) is 3.14. The molecule has 0 aromatic rings. The molecule has 0 bridgehead atoms. The Morgan fingerprint density at radius 2 is 1.75 bits per heavy atom. The molecule has 0 heteroatoms. The van der Waals surface area contributed by atoms with Gasteiger partial charge in [0.1, 0.15) is 0 Å². The molecule has 0 aromatic carbocycles. The van der Waals surface area contributed by atoms with Crippen LogP contribution in [0.1, 0.15) is 66.2 Å². The molecule has 0 aliphatic heterocycles. The van der Waals surface area contributed by atoms with Crippen LogP contribution in [0.4, 0.5) is 0 Å². The third kappa shape index (κ3) is 0.811. The molecular formula is C16H26. The number of hydrogen-bond donors (Lipinski definition) is 0. The number of hydrogen-bond acceptors (Lipinski definition) is 0. The maximum atomic E-state index is 2.61. The average Bonchev–Trinajstić information content (AvgIpc) is 3.06. The summed E-state index contributed by atoms with van der Waals surface area (Å²) in [7, 11) is 0. The zero-order valence-electron chi connectivity index (χ0n) is 11.4. The smallest absolute Gasteiger partial charge is 0.0199 e. The van der Waals surface area contributed by atoms with E-state index in [-0.39, 0.29) is 0 Å². The van der Waals surface area contributed by atoms with Gasteiger partial charge in [0.05, 0.1) is 0 Å². The van der Waals surface area contributed by atoms with Gasteiger partial charge in [0, 0.05) is 0 Å². The van der Waals surface area contributed by atoms with E-state index in [1.165, 1.54) is 25.7 Å². The van der Waals surface area contributed by atoms with Crippen LogP contribution in [0.3, 0.4) is 0 Å². The first-order valence-corrected chi connectivity index (χ1v) is 7.44. The highest BCUT2D eigenvalue weighted by Crippen LogP contribution is 2.94. The molecule has 0 heterocycles. The maximum Gasteiger partial charge on any atom is -0.0199 e. The van der Waals surface area contributed by atoms with Gasteiger partial charge in [-0.15, -0.1) is 0 Å². The van der Waals surface area contributed by atoms with Gasteiger partial charge in [-0.05, 0) is 72.0 Å². The number of rotatable bonds is 4. The van der Waals surface area contributed by atoms with E-state index >= 15 is 0 Å². The molecular weight excluding hydrogens is 192 g/mol. The molecule has 0 aromatic heterocycles. The normalized spacial score (nSPS) is 63.8. The predicted octanol–water partition coefficient (Wildman–Crippen LogP) is 4.64. The Morgan fingerprint density at radius 1 is 1.12 bits per heavy atom. The van der Waals surface area contributed by atoms with Crippen LogP contribution in [0, 0.1) is 33.5 Å². The van der Waals surface area contributed by atoms with Crippen LogP contribution < -0.4 is 0 Å². The fraction of sp³-hybridized carbons (Fsp3) is 1.00. The minimum atomic E-state index is 0.710. The van der Waals surface area contributed by atoms with E-state index in [1.54, 1.807) is 12.8 Å². The highest BCUT2D eigenvalue weighted by atomic mass is 14.9. The third-order valence-corrected chi connectivity index (χ3v) is 7.97. The average molecular weight is 218 g/mol. The topological polar surface area (TPSA) is 0 Å². The van der Waals surface area contributed by atoms with E-state index in [2.05, 4.69) is 27.7 Å².